The monoisotopic (exact) mass is 361 g/mol. The number of imidazole rings is 1. The highest BCUT2D eigenvalue weighted by molar-refractivity contribution is 7.09. The Labute approximate surface area is 147 Å². The van der Waals surface area contributed by atoms with Crippen LogP contribution in [0.2, 0.25) is 0 Å². The van der Waals surface area contributed by atoms with Crippen LogP contribution in [-0.4, -0.2) is 31.1 Å². The van der Waals surface area contributed by atoms with Gasteiger partial charge in [0.05, 0.1) is 6.33 Å². The van der Waals surface area contributed by atoms with Gasteiger partial charge < -0.3 is 9.88 Å². The Morgan fingerprint density at radius 1 is 1.28 bits per heavy atom. The Hall–Kier alpha value is -2.68. The normalized spacial score (nSPS) is 11.1. The summed E-state index contributed by atoms with van der Waals surface area (Å²) in [6.07, 6.45) is 2.53. The number of carbonyl (C=O) groups excluding carboxylic acids is 1. The lowest BCUT2D eigenvalue weighted by Crippen LogP contribution is -2.37. The molecule has 3 rings (SSSR count). The van der Waals surface area contributed by atoms with Crippen LogP contribution in [0.3, 0.4) is 0 Å². The molecule has 0 aliphatic heterocycles. The predicted molar refractivity (Wildman–Crippen MR) is 95.9 cm³/mol. The highest BCUT2D eigenvalue weighted by atomic mass is 32.1. The molecule has 3 heterocycles. The molecule has 0 fully saturated rings. The average molecular weight is 361 g/mol. The second-order valence-corrected chi connectivity index (χ2v) is 6.78. The zero-order valence-corrected chi connectivity index (χ0v) is 14.9. The number of hydrogen-bond donors (Lipinski definition) is 1. The summed E-state index contributed by atoms with van der Waals surface area (Å²) >= 11 is 1.66. The van der Waals surface area contributed by atoms with Crippen LogP contribution in [0.25, 0.3) is 11.2 Å². The van der Waals surface area contributed by atoms with Crippen molar-refractivity contribution in [3.63, 3.8) is 0 Å². The molecule has 0 unspecified atom stereocenters. The summed E-state index contributed by atoms with van der Waals surface area (Å²) in [4.78, 5) is 41.6. The molecule has 0 aliphatic rings. The molecule has 25 heavy (non-hydrogen) atoms. The number of carbonyl (C=O) groups is 1. The first kappa shape index (κ1) is 17.2. The number of fused-ring (bicyclic) bond motifs is 1. The minimum Gasteiger partial charge on any atom is -0.356 e. The second kappa shape index (κ2) is 7.06. The number of amides is 1. The summed E-state index contributed by atoms with van der Waals surface area (Å²) in [5.41, 5.74) is -0.176. The molecule has 0 aromatic carbocycles. The largest absolute Gasteiger partial charge is 0.356 e. The molecule has 0 saturated carbocycles. The second-order valence-electron chi connectivity index (χ2n) is 5.75. The molecule has 9 heteroatoms. The van der Waals surface area contributed by atoms with Crippen molar-refractivity contribution >= 4 is 28.4 Å². The van der Waals surface area contributed by atoms with Crippen molar-refractivity contribution in [1.82, 2.24) is 24.0 Å². The molecule has 0 atom stereocenters. The van der Waals surface area contributed by atoms with Gasteiger partial charge >= 0.3 is 5.69 Å². The Morgan fingerprint density at radius 3 is 2.80 bits per heavy atom. The molecule has 3 aromatic rings. The van der Waals surface area contributed by atoms with Gasteiger partial charge in [-0.25, -0.2) is 9.78 Å². The van der Waals surface area contributed by atoms with Crippen molar-refractivity contribution in [1.29, 1.82) is 0 Å². The third kappa shape index (κ3) is 3.41. The fourth-order valence-corrected chi connectivity index (χ4v) is 3.37. The first-order chi connectivity index (χ1) is 12.0. The smallest absolute Gasteiger partial charge is 0.332 e. The number of hydrogen-bond acceptors (Lipinski definition) is 5. The molecule has 0 saturated heterocycles. The number of rotatable bonds is 6. The number of thiophene rings is 1. The summed E-state index contributed by atoms with van der Waals surface area (Å²) < 4.78 is 3.99. The van der Waals surface area contributed by atoms with Gasteiger partial charge in [0.1, 0.15) is 0 Å². The molecular formula is C16H19N5O3S. The highest BCUT2D eigenvalue weighted by Crippen LogP contribution is 2.08. The van der Waals surface area contributed by atoms with E-state index in [1.54, 1.807) is 23.0 Å². The summed E-state index contributed by atoms with van der Waals surface area (Å²) in [6, 6.07) is 4.02. The van der Waals surface area contributed by atoms with Crippen LogP contribution < -0.4 is 16.6 Å². The Bertz CT molecular complexity index is 1010. The van der Waals surface area contributed by atoms with E-state index in [-0.39, 0.29) is 12.3 Å². The van der Waals surface area contributed by atoms with Crippen molar-refractivity contribution in [2.45, 2.75) is 19.4 Å². The quantitative estimate of drug-likeness (QED) is 0.681. The molecular weight excluding hydrogens is 342 g/mol. The van der Waals surface area contributed by atoms with Crippen molar-refractivity contribution < 1.29 is 4.79 Å². The molecule has 0 spiro atoms. The number of aromatic nitrogens is 4. The van der Waals surface area contributed by atoms with Crippen molar-refractivity contribution in [2.75, 3.05) is 6.54 Å². The van der Waals surface area contributed by atoms with Gasteiger partial charge in [0.2, 0.25) is 5.91 Å². The maximum absolute atomic E-state index is 12.3. The zero-order valence-electron chi connectivity index (χ0n) is 14.1. The first-order valence-corrected chi connectivity index (χ1v) is 8.77. The van der Waals surface area contributed by atoms with E-state index in [1.165, 1.54) is 22.8 Å². The zero-order chi connectivity index (χ0) is 18.0. The van der Waals surface area contributed by atoms with E-state index in [9.17, 15) is 14.4 Å². The topological polar surface area (TPSA) is 90.9 Å². The number of nitrogens with one attached hydrogen (secondary N) is 1. The van der Waals surface area contributed by atoms with Gasteiger partial charge in [0.25, 0.3) is 5.56 Å². The predicted octanol–water partition coefficient (Wildman–Crippen LogP) is 0.244. The van der Waals surface area contributed by atoms with Crippen molar-refractivity contribution in [2.24, 2.45) is 14.1 Å². The van der Waals surface area contributed by atoms with Crippen LogP contribution in [0.15, 0.2) is 33.4 Å². The fraction of sp³-hybridized carbons (Fsp3) is 0.375. The van der Waals surface area contributed by atoms with E-state index in [1.807, 2.05) is 17.5 Å². The van der Waals surface area contributed by atoms with Gasteiger partial charge in [-0.3, -0.25) is 18.7 Å². The van der Waals surface area contributed by atoms with E-state index in [4.69, 9.17) is 0 Å². The Kier molecular flexibility index (Phi) is 4.84. The van der Waals surface area contributed by atoms with E-state index in [0.717, 1.165) is 11.0 Å². The van der Waals surface area contributed by atoms with Crippen LogP contribution in [0.5, 0.6) is 0 Å². The summed E-state index contributed by atoms with van der Waals surface area (Å²) in [5.74, 6) is -0.0833. The minimum absolute atomic E-state index is 0.0833. The van der Waals surface area contributed by atoms with Crippen molar-refractivity contribution in [3.05, 3.63) is 49.6 Å². The summed E-state index contributed by atoms with van der Waals surface area (Å²) in [7, 11) is 3.00. The first-order valence-electron chi connectivity index (χ1n) is 7.89. The van der Waals surface area contributed by atoms with Gasteiger partial charge in [0, 0.05) is 38.5 Å². The fourth-order valence-electron chi connectivity index (χ4n) is 2.66. The maximum atomic E-state index is 12.3. The summed E-state index contributed by atoms with van der Waals surface area (Å²) in [5, 5.41) is 4.88. The lowest BCUT2D eigenvalue weighted by atomic mass is 10.3. The van der Waals surface area contributed by atoms with E-state index in [2.05, 4.69) is 10.3 Å². The van der Waals surface area contributed by atoms with E-state index < -0.39 is 11.2 Å². The molecule has 1 amide bonds. The van der Waals surface area contributed by atoms with Gasteiger partial charge in [-0.1, -0.05) is 6.07 Å². The van der Waals surface area contributed by atoms with Crippen LogP contribution in [0.1, 0.15) is 11.3 Å². The summed E-state index contributed by atoms with van der Waals surface area (Å²) in [6.45, 7) is 0.912. The third-order valence-corrected chi connectivity index (χ3v) is 5.01. The van der Waals surface area contributed by atoms with Crippen LogP contribution in [0.4, 0.5) is 0 Å². The van der Waals surface area contributed by atoms with E-state index in [0.29, 0.717) is 24.3 Å². The molecule has 1 N–H and O–H groups in total. The highest BCUT2D eigenvalue weighted by Gasteiger charge is 2.14. The SMILES string of the molecule is Cn1c(=O)c2c(ncn2CCC(=O)NCCc2cccs2)n(C)c1=O. The lowest BCUT2D eigenvalue weighted by molar-refractivity contribution is -0.121. The molecule has 8 nitrogen and oxygen atoms in total. The minimum atomic E-state index is -0.422. The molecule has 0 radical (unpaired) electrons. The molecule has 3 aromatic heterocycles. The Balaban J connectivity index is 1.66. The Morgan fingerprint density at radius 2 is 2.08 bits per heavy atom. The molecule has 132 valence electrons. The van der Waals surface area contributed by atoms with Crippen LogP contribution in [-0.2, 0) is 31.9 Å². The van der Waals surface area contributed by atoms with Crippen LogP contribution >= 0.6 is 11.3 Å². The standard InChI is InChI=1S/C16H19N5O3S/c1-19-14-13(15(23)20(2)16(19)24)21(10-18-14)8-6-12(22)17-7-5-11-4-3-9-25-11/h3-4,9-10H,5-8H2,1-2H3,(H,17,22). The van der Waals surface area contributed by atoms with Gasteiger partial charge in [-0.2, -0.15) is 0 Å². The lowest BCUT2D eigenvalue weighted by Gasteiger charge is -2.07. The van der Waals surface area contributed by atoms with Gasteiger partial charge in [0.15, 0.2) is 11.2 Å². The maximum Gasteiger partial charge on any atom is 0.332 e. The van der Waals surface area contributed by atoms with E-state index >= 15 is 0 Å². The molecule has 0 bridgehead atoms. The third-order valence-electron chi connectivity index (χ3n) is 4.07. The van der Waals surface area contributed by atoms with Gasteiger partial charge in [-0.15, -0.1) is 11.3 Å². The molecule has 0 aliphatic carbocycles. The van der Waals surface area contributed by atoms with Gasteiger partial charge in [-0.05, 0) is 17.9 Å². The average Bonchev–Trinajstić information content (AvgIpc) is 3.26. The number of nitrogens with zero attached hydrogens (tertiary/aromatic N) is 4. The van der Waals surface area contributed by atoms with Crippen LogP contribution in [0, 0.1) is 0 Å². The van der Waals surface area contributed by atoms with Crippen molar-refractivity contribution in [3.8, 4) is 0 Å². The number of aryl methyl sites for hydroxylation is 2.